The lowest BCUT2D eigenvalue weighted by Gasteiger charge is -2.24. The van der Waals surface area contributed by atoms with E-state index in [4.69, 9.17) is 16.3 Å². The van der Waals surface area contributed by atoms with Gasteiger partial charge in [0.25, 0.3) is 0 Å². The minimum absolute atomic E-state index is 0.109. The van der Waals surface area contributed by atoms with Crippen LogP contribution in [0.4, 0.5) is 14.9 Å². The molecule has 4 nitrogen and oxygen atoms in total. The third-order valence-corrected chi connectivity index (χ3v) is 3.67. The lowest BCUT2D eigenvalue weighted by Crippen LogP contribution is -2.38. The average molecular weight is 345 g/mol. The fraction of sp³-hybridized carbons (Fsp3) is 0.588. The number of benzene rings is 1. The van der Waals surface area contributed by atoms with Gasteiger partial charge in [0.1, 0.15) is 11.4 Å². The van der Waals surface area contributed by atoms with Crippen molar-refractivity contribution in [1.29, 1.82) is 0 Å². The van der Waals surface area contributed by atoms with E-state index >= 15 is 0 Å². The molecular formula is C17H26ClFN2O2. The quantitative estimate of drug-likeness (QED) is 0.787. The van der Waals surface area contributed by atoms with Gasteiger partial charge in [-0.25, -0.2) is 9.18 Å². The number of carbonyl (C=O) groups excluding carboxylic acids is 1. The van der Waals surface area contributed by atoms with E-state index in [1.807, 2.05) is 34.6 Å². The molecule has 1 rings (SSSR count). The zero-order valence-electron chi connectivity index (χ0n) is 14.4. The van der Waals surface area contributed by atoms with Crippen molar-refractivity contribution < 1.29 is 13.9 Å². The number of alkyl carbamates (subject to hydrolysis) is 1. The first-order valence-corrected chi connectivity index (χ1v) is 8.12. The van der Waals surface area contributed by atoms with Gasteiger partial charge in [-0.1, -0.05) is 31.5 Å². The molecule has 0 heterocycles. The minimum Gasteiger partial charge on any atom is -0.444 e. The van der Waals surface area contributed by atoms with Crippen molar-refractivity contribution in [1.82, 2.24) is 5.32 Å². The van der Waals surface area contributed by atoms with E-state index in [1.165, 1.54) is 6.07 Å². The molecule has 1 unspecified atom stereocenters. The number of amides is 1. The number of carbonyl (C=O) groups is 1. The number of nitrogens with one attached hydrogen (secondary N) is 2. The Hall–Kier alpha value is -1.49. The molecule has 0 saturated heterocycles. The first-order chi connectivity index (χ1) is 10.6. The van der Waals surface area contributed by atoms with Gasteiger partial charge in [-0.2, -0.15) is 0 Å². The van der Waals surface area contributed by atoms with Gasteiger partial charge >= 0.3 is 6.09 Å². The van der Waals surface area contributed by atoms with Crippen LogP contribution in [0.3, 0.4) is 0 Å². The molecule has 130 valence electrons. The van der Waals surface area contributed by atoms with Crippen molar-refractivity contribution in [2.24, 2.45) is 11.8 Å². The lowest BCUT2D eigenvalue weighted by atomic mass is 9.95. The Morgan fingerprint density at radius 1 is 1.30 bits per heavy atom. The number of halogens is 2. The van der Waals surface area contributed by atoms with E-state index in [9.17, 15) is 9.18 Å². The molecule has 0 aliphatic heterocycles. The summed E-state index contributed by atoms with van der Waals surface area (Å²) in [5.74, 6) is 0.0151. The van der Waals surface area contributed by atoms with Gasteiger partial charge in [0, 0.05) is 13.1 Å². The predicted octanol–water partition coefficient (Wildman–Crippen LogP) is 4.69. The van der Waals surface area contributed by atoms with Crippen LogP contribution < -0.4 is 10.6 Å². The number of ether oxygens (including phenoxy) is 1. The molecule has 6 heteroatoms. The third kappa shape index (κ3) is 7.08. The van der Waals surface area contributed by atoms with Gasteiger partial charge in [-0.15, -0.1) is 0 Å². The molecule has 1 aromatic carbocycles. The summed E-state index contributed by atoms with van der Waals surface area (Å²) in [5.41, 5.74) is -0.242. The fourth-order valence-corrected chi connectivity index (χ4v) is 2.20. The summed E-state index contributed by atoms with van der Waals surface area (Å²) in [6.45, 7) is 10.5. The van der Waals surface area contributed by atoms with Gasteiger partial charge in [0.05, 0.1) is 10.7 Å². The topological polar surface area (TPSA) is 50.4 Å². The van der Waals surface area contributed by atoms with Gasteiger partial charge in [-0.3, -0.25) is 0 Å². The lowest BCUT2D eigenvalue weighted by molar-refractivity contribution is 0.0516. The number of hydrogen-bond acceptors (Lipinski definition) is 3. The van der Waals surface area contributed by atoms with Crippen LogP contribution in [-0.4, -0.2) is 24.8 Å². The van der Waals surface area contributed by atoms with Gasteiger partial charge in [-0.05, 0) is 44.7 Å². The fourth-order valence-electron chi connectivity index (χ4n) is 1.97. The van der Waals surface area contributed by atoms with Crippen LogP contribution in [0.5, 0.6) is 0 Å². The van der Waals surface area contributed by atoms with Crippen molar-refractivity contribution in [3.05, 3.63) is 29.0 Å². The number of anilines is 1. The number of hydrogen-bond donors (Lipinski definition) is 2. The van der Waals surface area contributed by atoms with Crippen LogP contribution in [0, 0.1) is 17.7 Å². The molecule has 0 spiro atoms. The maximum Gasteiger partial charge on any atom is 0.407 e. The van der Waals surface area contributed by atoms with Crippen LogP contribution >= 0.6 is 11.6 Å². The second-order valence-electron chi connectivity index (χ2n) is 6.86. The van der Waals surface area contributed by atoms with Crippen molar-refractivity contribution in [2.45, 2.75) is 40.2 Å². The standard InChI is InChI=1S/C17H26ClFN2O2/c1-11(2)12(10-21-16(22)23-17(3,4)5)9-20-15-13(18)7-6-8-14(15)19/h6-8,11-12,20H,9-10H2,1-5H3,(H,21,22). The average Bonchev–Trinajstić information content (AvgIpc) is 2.38. The van der Waals surface area contributed by atoms with Crippen LogP contribution in [0.15, 0.2) is 18.2 Å². The van der Waals surface area contributed by atoms with E-state index in [-0.39, 0.29) is 17.4 Å². The molecule has 2 N–H and O–H groups in total. The first kappa shape index (κ1) is 19.6. The van der Waals surface area contributed by atoms with E-state index in [0.29, 0.717) is 24.0 Å². The smallest absolute Gasteiger partial charge is 0.407 e. The molecule has 0 aliphatic carbocycles. The third-order valence-electron chi connectivity index (χ3n) is 3.35. The normalized spacial score (nSPS) is 12.9. The summed E-state index contributed by atoms with van der Waals surface area (Å²) in [6.07, 6.45) is -0.452. The SMILES string of the molecule is CC(C)C(CNC(=O)OC(C)(C)C)CNc1c(F)cccc1Cl. The Morgan fingerprint density at radius 3 is 2.48 bits per heavy atom. The van der Waals surface area contributed by atoms with Gasteiger partial charge < -0.3 is 15.4 Å². The molecule has 1 amide bonds. The van der Waals surface area contributed by atoms with Crippen molar-refractivity contribution in [3.8, 4) is 0 Å². The van der Waals surface area contributed by atoms with Crippen LogP contribution in [-0.2, 0) is 4.74 Å². The van der Waals surface area contributed by atoms with Gasteiger partial charge in [0.2, 0.25) is 0 Å². The molecule has 23 heavy (non-hydrogen) atoms. The number of para-hydroxylation sites is 1. The summed E-state index contributed by atoms with van der Waals surface area (Å²) >= 11 is 6.00. The Labute approximate surface area is 142 Å². The van der Waals surface area contributed by atoms with Crippen LogP contribution in [0.2, 0.25) is 5.02 Å². The monoisotopic (exact) mass is 344 g/mol. The predicted molar refractivity (Wildman–Crippen MR) is 92.5 cm³/mol. The van der Waals surface area contributed by atoms with E-state index in [0.717, 1.165) is 0 Å². The number of rotatable bonds is 6. The highest BCUT2D eigenvalue weighted by Crippen LogP contribution is 2.25. The van der Waals surface area contributed by atoms with Crippen molar-refractivity contribution in [3.63, 3.8) is 0 Å². The summed E-state index contributed by atoms with van der Waals surface area (Å²) in [6, 6.07) is 4.56. The molecule has 0 bridgehead atoms. The molecule has 0 aliphatic rings. The first-order valence-electron chi connectivity index (χ1n) is 7.75. The highest BCUT2D eigenvalue weighted by Gasteiger charge is 2.19. The van der Waals surface area contributed by atoms with Crippen LogP contribution in [0.1, 0.15) is 34.6 Å². The largest absolute Gasteiger partial charge is 0.444 e. The Kier molecular flexibility index (Phi) is 7.13. The molecule has 0 radical (unpaired) electrons. The highest BCUT2D eigenvalue weighted by molar-refractivity contribution is 6.33. The van der Waals surface area contributed by atoms with Crippen LogP contribution in [0.25, 0.3) is 0 Å². The highest BCUT2D eigenvalue weighted by atomic mass is 35.5. The summed E-state index contributed by atoms with van der Waals surface area (Å²) in [4.78, 5) is 11.7. The molecule has 0 saturated carbocycles. The van der Waals surface area contributed by atoms with E-state index < -0.39 is 11.7 Å². The maximum atomic E-state index is 13.8. The summed E-state index contributed by atoms with van der Waals surface area (Å²) in [5, 5.41) is 6.13. The Morgan fingerprint density at radius 2 is 1.96 bits per heavy atom. The summed E-state index contributed by atoms with van der Waals surface area (Å²) < 4.78 is 19.0. The minimum atomic E-state index is -0.531. The Bertz CT molecular complexity index is 510. The van der Waals surface area contributed by atoms with Crippen molar-refractivity contribution in [2.75, 3.05) is 18.4 Å². The Balaban J connectivity index is 2.58. The second-order valence-corrected chi connectivity index (χ2v) is 7.27. The molecule has 0 fully saturated rings. The maximum absolute atomic E-state index is 13.8. The molecule has 0 aromatic heterocycles. The van der Waals surface area contributed by atoms with E-state index in [2.05, 4.69) is 10.6 Å². The zero-order chi connectivity index (χ0) is 17.6. The van der Waals surface area contributed by atoms with Gasteiger partial charge in [0.15, 0.2) is 0 Å². The van der Waals surface area contributed by atoms with Crippen molar-refractivity contribution >= 4 is 23.4 Å². The zero-order valence-corrected chi connectivity index (χ0v) is 15.1. The molecule has 1 atom stereocenters. The molecular weight excluding hydrogens is 319 g/mol. The molecule has 1 aromatic rings. The summed E-state index contributed by atoms with van der Waals surface area (Å²) in [7, 11) is 0. The second kappa shape index (κ2) is 8.39. The van der Waals surface area contributed by atoms with E-state index in [1.54, 1.807) is 12.1 Å².